The summed E-state index contributed by atoms with van der Waals surface area (Å²) in [6.07, 6.45) is 7.00. The molecule has 1 atom stereocenters. The fourth-order valence-electron chi connectivity index (χ4n) is 6.08. The van der Waals surface area contributed by atoms with Crippen molar-refractivity contribution in [2.75, 3.05) is 0 Å². The van der Waals surface area contributed by atoms with Crippen LogP contribution < -0.4 is 0 Å². The van der Waals surface area contributed by atoms with Gasteiger partial charge in [0.15, 0.2) is 9.84 Å². The van der Waals surface area contributed by atoms with E-state index in [1.165, 1.54) is 19.3 Å². The van der Waals surface area contributed by atoms with Gasteiger partial charge in [0.05, 0.1) is 5.75 Å². The molecule has 0 aromatic heterocycles. The van der Waals surface area contributed by atoms with Crippen molar-refractivity contribution >= 4 is 39.3 Å². The van der Waals surface area contributed by atoms with E-state index in [9.17, 15) is 13.2 Å². The summed E-state index contributed by atoms with van der Waals surface area (Å²) in [5, 5.41) is -0.106. The Kier molecular flexibility index (Phi) is 4.45. The molecule has 0 N–H and O–H groups in total. The van der Waals surface area contributed by atoms with Crippen molar-refractivity contribution in [2.24, 2.45) is 23.2 Å². The van der Waals surface area contributed by atoms with Gasteiger partial charge in [-0.15, -0.1) is 0 Å². The minimum atomic E-state index is -3.62. The van der Waals surface area contributed by atoms with Crippen molar-refractivity contribution in [3.05, 3.63) is 33.8 Å². The van der Waals surface area contributed by atoms with E-state index in [0.29, 0.717) is 39.6 Å². The number of halogens is 2. The second-order valence-corrected chi connectivity index (χ2v) is 11.3. The van der Waals surface area contributed by atoms with E-state index in [1.807, 2.05) is 0 Å². The van der Waals surface area contributed by atoms with Gasteiger partial charge in [-0.3, -0.25) is 0 Å². The third-order valence-electron chi connectivity index (χ3n) is 6.57. The molecule has 5 rings (SSSR count). The van der Waals surface area contributed by atoms with Gasteiger partial charge < -0.3 is 4.79 Å². The van der Waals surface area contributed by atoms with Gasteiger partial charge in [-0.05, 0) is 79.4 Å². The molecule has 6 heteroatoms. The highest BCUT2D eigenvalue weighted by molar-refractivity contribution is 7.92. The third kappa shape index (κ3) is 3.15. The first-order chi connectivity index (χ1) is 11.8. The lowest BCUT2D eigenvalue weighted by Gasteiger charge is -2.58. The Bertz CT molecular complexity index is 768. The lowest BCUT2D eigenvalue weighted by atomic mass is 9.49. The predicted molar refractivity (Wildman–Crippen MR) is 99.5 cm³/mol. The fourth-order valence-corrected chi connectivity index (χ4v) is 8.72. The lowest BCUT2D eigenvalue weighted by molar-refractivity contribution is -0.115. The smallest absolute Gasteiger partial charge is 0.164 e. The van der Waals surface area contributed by atoms with Crippen LogP contribution in [-0.2, 0) is 20.4 Å². The molecule has 4 aliphatic carbocycles. The van der Waals surface area contributed by atoms with Crippen LogP contribution in [0, 0.1) is 23.2 Å². The van der Waals surface area contributed by atoms with Crippen LogP contribution >= 0.6 is 23.2 Å². The summed E-state index contributed by atoms with van der Waals surface area (Å²) in [6.45, 7) is 0. The highest BCUT2D eigenvalue weighted by atomic mass is 35.5. The summed E-state index contributed by atoms with van der Waals surface area (Å²) < 4.78 is 26.3. The minimum absolute atomic E-state index is 0.200. The van der Waals surface area contributed by atoms with Gasteiger partial charge in [-0.1, -0.05) is 29.3 Å². The highest BCUT2D eigenvalue weighted by Crippen LogP contribution is 2.62. The molecule has 4 aliphatic rings. The molecule has 0 saturated heterocycles. The van der Waals surface area contributed by atoms with Crippen LogP contribution in [0.1, 0.15) is 44.1 Å². The normalized spacial score (nSPS) is 34.9. The minimum Gasteiger partial charge on any atom is -0.302 e. The molecule has 1 unspecified atom stereocenters. The van der Waals surface area contributed by atoms with Gasteiger partial charge in [0.1, 0.15) is 11.5 Å². The molecular formula is C19H22Cl2O3S. The van der Waals surface area contributed by atoms with Crippen LogP contribution in [-0.4, -0.2) is 20.0 Å². The lowest BCUT2D eigenvalue weighted by Crippen LogP contribution is -2.54. The summed E-state index contributed by atoms with van der Waals surface area (Å²) in [5.74, 6) is 1.60. The molecular weight excluding hydrogens is 379 g/mol. The van der Waals surface area contributed by atoms with Crippen LogP contribution in [0.5, 0.6) is 0 Å². The summed E-state index contributed by atoms with van der Waals surface area (Å²) in [6, 6.07) is 4.83. The number of hydrogen-bond acceptors (Lipinski definition) is 3. The van der Waals surface area contributed by atoms with Crippen LogP contribution in [0.15, 0.2) is 18.2 Å². The molecule has 136 valence electrons. The highest BCUT2D eigenvalue weighted by Gasteiger charge is 2.57. The maximum atomic E-state index is 13.2. The Morgan fingerprint density at radius 3 is 2.12 bits per heavy atom. The van der Waals surface area contributed by atoms with Crippen molar-refractivity contribution in [2.45, 2.75) is 49.5 Å². The van der Waals surface area contributed by atoms with Gasteiger partial charge in [0.2, 0.25) is 0 Å². The second-order valence-electron chi connectivity index (χ2n) is 8.38. The zero-order valence-electron chi connectivity index (χ0n) is 14.0. The van der Waals surface area contributed by atoms with Crippen LogP contribution in [0.4, 0.5) is 0 Å². The first kappa shape index (κ1) is 17.8. The van der Waals surface area contributed by atoms with Crippen LogP contribution in [0.25, 0.3) is 0 Å². The largest absolute Gasteiger partial charge is 0.302 e. The Morgan fingerprint density at radius 2 is 1.64 bits per heavy atom. The third-order valence-corrected chi connectivity index (χ3v) is 9.26. The number of sulfone groups is 1. The van der Waals surface area contributed by atoms with E-state index in [4.69, 9.17) is 23.2 Å². The number of aldehydes is 1. The molecule has 4 saturated carbocycles. The van der Waals surface area contributed by atoms with E-state index in [0.717, 1.165) is 19.3 Å². The quantitative estimate of drug-likeness (QED) is 0.673. The molecule has 0 amide bonds. The molecule has 0 spiro atoms. The molecule has 1 aromatic rings. The van der Waals surface area contributed by atoms with Gasteiger partial charge in [-0.25, -0.2) is 8.42 Å². The number of benzene rings is 1. The van der Waals surface area contributed by atoms with Gasteiger partial charge >= 0.3 is 0 Å². The Balaban J connectivity index is 1.65. The van der Waals surface area contributed by atoms with Crippen molar-refractivity contribution < 1.29 is 13.2 Å². The molecule has 0 heterocycles. The van der Waals surface area contributed by atoms with Gasteiger partial charge in [0.25, 0.3) is 0 Å². The summed E-state index contributed by atoms with van der Waals surface area (Å²) in [5.41, 5.74) is 0.163. The van der Waals surface area contributed by atoms with Crippen molar-refractivity contribution in [1.29, 1.82) is 0 Å². The molecule has 25 heavy (non-hydrogen) atoms. The van der Waals surface area contributed by atoms with Crippen molar-refractivity contribution in [3.63, 3.8) is 0 Å². The summed E-state index contributed by atoms with van der Waals surface area (Å²) in [7, 11) is -3.62. The summed E-state index contributed by atoms with van der Waals surface area (Å²) >= 11 is 12.1. The number of rotatable bonds is 5. The van der Waals surface area contributed by atoms with E-state index in [1.54, 1.807) is 18.2 Å². The fraction of sp³-hybridized carbons (Fsp3) is 0.632. The SMILES string of the molecule is O=CC(C12CC3CC(CC(C3)C1)C2)S(=O)(=O)Cc1ccc(Cl)cc1Cl. The maximum absolute atomic E-state index is 13.2. The van der Waals surface area contributed by atoms with E-state index < -0.39 is 15.1 Å². The maximum Gasteiger partial charge on any atom is 0.164 e. The zero-order valence-corrected chi connectivity index (χ0v) is 16.3. The Labute approximate surface area is 159 Å². The van der Waals surface area contributed by atoms with Crippen molar-refractivity contribution in [3.8, 4) is 0 Å². The molecule has 3 nitrogen and oxygen atoms in total. The van der Waals surface area contributed by atoms with Gasteiger partial charge in [0, 0.05) is 10.0 Å². The van der Waals surface area contributed by atoms with Crippen LogP contribution in [0.2, 0.25) is 10.0 Å². The van der Waals surface area contributed by atoms with Crippen molar-refractivity contribution in [1.82, 2.24) is 0 Å². The average molecular weight is 401 g/mol. The molecule has 4 bridgehead atoms. The van der Waals surface area contributed by atoms with E-state index in [2.05, 4.69) is 0 Å². The second kappa shape index (κ2) is 6.24. The molecule has 1 aromatic carbocycles. The molecule has 4 fully saturated rings. The standard InChI is InChI=1S/C19H22Cl2O3S/c20-16-2-1-15(17(21)6-16)11-25(23,24)18(10-22)19-7-12-3-13(8-19)5-14(4-12)9-19/h1-2,6,10,12-14,18H,3-5,7-9,11H2. The Hall–Kier alpha value is -0.580. The first-order valence-electron chi connectivity index (χ1n) is 8.92. The zero-order chi connectivity index (χ0) is 17.8. The first-order valence-corrected chi connectivity index (χ1v) is 11.4. The number of carbonyl (C=O) groups is 1. The number of carbonyl (C=O) groups excluding carboxylic acids is 1. The molecule has 0 radical (unpaired) electrons. The van der Waals surface area contributed by atoms with Gasteiger partial charge in [-0.2, -0.15) is 0 Å². The van der Waals surface area contributed by atoms with E-state index >= 15 is 0 Å². The average Bonchev–Trinajstić information content (AvgIpc) is 2.48. The monoisotopic (exact) mass is 400 g/mol. The van der Waals surface area contributed by atoms with E-state index in [-0.39, 0.29) is 11.2 Å². The van der Waals surface area contributed by atoms with Crippen LogP contribution in [0.3, 0.4) is 0 Å². The summed E-state index contributed by atoms with van der Waals surface area (Å²) in [4.78, 5) is 12.0. The Morgan fingerprint density at radius 1 is 1.08 bits per heavy atom. The number of hydrogen-bond donors (Lipinski definition) is 0. The topological polar surface area (TPSA) is 51.2 Å². The predicted octanol–water partition coefficient (Wildman–Crippen LogP) is 4.69. The molecule has 0 aliphatic heterocycles.